The summed E-state index contributed by atoms with van der Waals surface area (Å²) in [5.41, 5.74) is 5.18. The summed E-state index contributed by atoms with van der Waals surface area (Å²) in [6.07, 6.45) is 1.41. The van der Waals surface area contributed by atoms with Crippen LogP contribution in [0.2, 0.25) is 0 Å². The molecule has 0 aliphatic carbocycles. The van der Waals surface area contributed by atoms with Crippen molar-refractivity contribution in [2.45, 2.75) is 31.6 Å². The summed E-state index contributed by atoms with van der Waals surface area (Å²) in [5.74, 6) is -1.37. The van der Waals surface area contributed by atoms with Gasteiger partial charge in [-0.25, -0.2) is 17.2 Å². The van der Waals surface area contributed by atoms with Gasteiger partial charge in [-0.1, -0.05) is 13.8 Å². The standard InChI is InChI=1S/C14H20F2N2O2S/c1-9(2)10-3-5-18(6-4-10)21(19,20)14-12(15)7-11(17)8-13(14)16/h7-10H,3-6,17H2,1-2H3. The van der Waals surface area contributed by atoms with E-state index in [4.69, 9.17) is 5.73 Å². The number of hydrogen-bond donors (Lipinski definition) is 1. The number of benzene rings is 1. The second kappa shape index (κ2) is 5.88. The Labute approximate surface area is 124 Å². The fraction of sp³-hybridized carbons (Fsp3) is 0.571. The van der Waals surface area contributed by atoms with E-state index in [0.717, 1.165) is 16.4 Å². The quantitative estimate of drug-likeness (QED) is 0.871. The van der Waals surface area contributed by atoms with E-state index in [0.29, 0.717) is 24.7 Å². The highest BCUT2D eigenvalue weighted by molar-refractivity contribution is 7.89. The van der Waals surface area contributed by atoms with Crippen LogP contribution in [0.5, 0.6) is 0 Å². The Bertz CT molecular complexity index is 601. The van der Waals surface area contributed by atoms with Crippen LogP contribution in [0.4, 0.5) is 14.5 Å². The molecule has 1 fully saturated rings. The minimum absolute atomic E-state index is 0.137. The molecule has 1 aromatic rings. The van der Waals surface area contributed by atoms with Crippen LogP contribution in [0.1, 0.15) is 26.7 Å². The number of nitrogens with two attached hydrogens (primary N) is 1. The molecule has 0 saturated carbocycles. The molecule has 21 heavy (non-hydrogen) atoms. The molecule has 1 aliphatic rings. The Balaban J connectivity index is 2.28. The third-order valence-electron chi connectivity index (χ3n) is 4.06. The summed E-state index contributed by atoms with van der Waals surface area (Å²) in [6, 6.07) is 1.66. The van der Waals surface area contributed by atoms with Gasteiger partial charge < -0.3 is 5.73 Å². The molecule has 2 N–H and O–H groups in total. The van der Waals surface area contributed by atoms with Crippen molar-refractivity contribution in [2.75, 3.05) is 18.8 Å². The molecule has 2 rings (SSSR count). The summed E-state index contributed by atoms with van der Waals surface area (Å²) >= 11 is 0. The Kier molecular flexibility index (Phi) is 4.53. The maximum Gasteiger partial charge on any atom is 0.248 e. The molecule has 1 saturated heterocycles. The molecule has 7 heteroatoms. The topological polar surface area (TPSA) is 63.4 Å². The highest BCUT2D eigenvalue weighted by Crippen LogP contribution is 2.30. The van der Waals surface area contributed by atoms with Crippen LogP contribution in [-0.2, 0) is 10.0 Å². The first-order chi connectivity index (χ1) is 9.73. The third-order valence-corrected chi connectivity index (χ3v) is 6.01. The number of nitrogen functional groups attached to an aromatic ring is 1. The summed E-state index contributed by atoms with van der Waals surface area (Å²) < 4.78 is 53.7. The van der Waals surface area contributed by atoms with Crippen LogP contribution < -0.4 is 5.73 Å². The molecule has 0 radical (unpaired) electrons. The first-order valence-corrected chi connectivity index (χ1v) is 8.42. The van der Waals surface area contributed by atoms with Gasteiger partial charge in [-0.05, 0) is 36.8 Å². The first-order valence-electron chi connectivity index (χ1n) is 6.98. The summed E-state index contributed by atoms with van der Waals surface area (Å²) in [5, 5.41) is 0. The van der Waals surface area contributed by atoms with Gasteiger partial charge in [0.15, 0.2) is 4.90 Å². The van der Waals surface area contributed by atoms with E-state index in [1.807, 2.05) is 0 Å². The molecule has 1 aromatic carbocycles. The molecule has 0 amide bonds. The van der Waals surface area contributed by atoms with E-state index < -0.39 is 26.6 Å². The lowest BCUT2D eigenvalue weighted by Crippen LogP contribution is -2.40. The maximum absolute atomic E-state index is 13.8. The highest BCUT2D eigenvalue weighted by atomic mass is 32.2. The van der Waals surface area contributed by atoms with Gasteiger partial charge in [-0.15, -0.1) is 0 Å². The zero-order valence-electron chi connectivity index (χ0n) is 12.1. The Hall–Kier alpha value is -1.21. The Morgan fingerprint density at radius 2 is 1.67 bits per heavy atom. The smallest absolute Gasteiger partial charge is 0.248 e. The van der Waals surface area contributed by atoms with E-state index >= 15 is 0 Å². The van der Waals surface area contributed by atoms with Crippen LogP contribution in [0.15, 0.2) is 17.0 Å². The minimum atomic E-state index is -4.16. The average Bonchev–Trinajstić information content (AvgIpc) is 2.37. The second-order valence-corrected chi connectivity index (χ2v) is 7.67. The van der Waals surface area contributed by atoms with Crippen molar-refractivity contribution in [3.63, 3.8) is 0 Å². The largest absolute Gasteiger partial charge is 0.399 e. The van der Waals surface area contributed by atoms with Crippen molar-refractivity contribution in [2.24, 2.45) is 11.8 Å². The van der Waals surface area contributed by atoms with Crippen molar-refractivity contribution in [1.82, 2.24) is 4.31 Å². The molecule has 1 heterocycles. The van der Waals surface area contributed by atoms with Crippen LogP contribution in [-0.4, -0.2) is 25.8 Å². The number of rotatable bonds is 3. The van der Waals surface area contributed by atoms with Gasteiger partial charge in [0.25, 0.3) is 0 Å². The summed E-state index contributed by atoms with van der Waals surface area (Å²) in [7, 11) is -4.16. The van der Waals surface area contributed by atoms with Crippen LogP contribution in [0, 0.1) is 23.5 Å². The number of sulfonamides is 1. The molecular weight excluding hydrogens is 298 g/mol. The number of anilines is 1. The van der Waals surface area contributed by atoms with Crippen molar-refractivity contribution in [3.05, 3.63) is 23.8 Å². The lowest BCUT2D eigenvalue weighted by molar-refractivity contribution is 0.226. The normalized spacial score (nSPS) is 18.3. The molecule has 1 aliphatic heterocycles. The third kappa shape index (κ3) is 3.18. The highest BCUT2D eigenvalue weighted by Gasteiger charge is 2.34. The maximum atomic E-state index is 13.8. The Morgan fingerprint density at radius 1 is 1.19 bits per heavy atom. The molecule has 0 bridgehead atoms. The molecule has 0 atom stereocenters. The molecule has 4 nitrogen and oxygen atoms in total. The SMILES string of the molecule is CC(C)C1CCN(S(=O)(=O)c2c(F)cc(N)cc2F)CC1. The van der Waals surface area contributed by atoms with Gasteiger partial charge in [0.1, 0.15) is 11.6 Å². The van der Waals surface area contributed by atoms with E-state index in [2.05, 4.69) is 13.8 Å². The predicted molar refractivity (Wildman–Crippen MR) is 77.1 cm³/mol. The van der Waals surface area contributed by atoms with E-state index in [-0.39, 0.29) is 18.8 Å². The van der Waals surface area contributed by atoms with Gasteiger partial charge in [-0.2, -0.15) is 4.31 Å². The second-order valence-electron chi connectivity index (χ2n) is 5.80. The molecule has 0 spiro atoms. The predicted octanol–water partition coefficient (Wildman–Crippen LogP) is 2.60. The van der Waals surface area contributed by atoms with Gasteiger partial charge in [0.05, 0.1) is 0 Å². The van der Waals surface area contributed by atoms with Gasteiger partial charge in [0, 0.05) is 18.8 Å². The minimum Gasteiger partial charge on any atom is -0.399 e. The average molecular weight is 318 g/mol. The van der Waals surface area contributed by atoms with E-state index in [1.54, 1.807) is 0 Å². The molecule has 0 unspecified atom stereocenters. The van der Waals surface area contributed by atoms with Crippen molar-refractivity contribution in [3.8, 4) is 0 Å². The van der Waals surface area contributed by atoms with E-state index in [9.17, 15) is 17.2 Å². The number of halogens is 2. The summed E-state index contributed by atoms with van der Waals surface area (Å²) in [4.78, 5) is -0.903. The van der Waals surface area contributed by atoms with E-state index in [1.165, 1.54) is 0 Å². The number of hydrogen-bond acceptors (Lipinski definition) is 3. The first kappa shape index (κ1) is 16.2. The van der Waals surface area contributed by atoms with Gasteiger partial charge in [-0.3, -0.25) is 0 Å². The number of nitrogens with zero attached hydrogens (tertiary/aromatic N) is 1. The number of piperidine rings is 1. The van der Waals surface area contributed by atoms with Crippen molar-refractivity contribution < 1.29 is 17.2 Å². The Morgan fingerprint density at radius 3 is 2.10 bits per heavy atom. The molecule has 0 aromatic heterocycles. The van der Waals surface area contributed by atoms with Crippen LogP contribution in [0.25, 0.3) is 0 Å². The lowest BCUT2D eigenvalue weighted by Gasteiger charge is -2.33. The van der Waals surface area contributed by atoms with Gasteiger partial charge >= 0.3 is 0 Å². The zero-order valence-corrected chi connectivity index (χ0v) is 13.0. The summed E-state index contributed by atoms with van der Waals surface area (Å²) in [6.45, 7) is 4.76. The lowest BCUT2D eigenvalue weighted by atomic mass is 9.87. The van der Waals surface area contributed by atoms with Crippen molar-refractivity contribution >= 4 is 15.7 Å². The zero-order chi connectivity index (χ0) is 15.8. The molecular formula is C14H20F2N2O2S. The van der Waals surface area contributed by atoms with Crippen molar-refractivity contribution in [1.29, 1.82) is 0 Å². The fourth-order valence-corrected chi connectivity index (χ4v) is 4.30. The fourth-order valence-electron chi connectivity index (χ4n) is 2.74. The molecule has 118 valence electrons. The van der Waals surface area contributed by atoms with Gasteiger partial charge in [0.2, 0.25) is 10.0 Å². The van der Waals surface area contributed by atoms with Crippen LogP contribution in [0.3, 0.4) is 0 Å². The van der Waals surface area contributed by atoms with Crippen LogP contribution >= 0.6 is 0 Å². The monoisotopic (exact) mass is 318 g/mol.